The highest BCUT2D eigenvalue weighted by Gasteiger charge is 2.22. The van der Waals surface area contributed by atoms with Gasteiger partial charge in [-0.3, -0.25) is 4.79 Å². The summed E-state index contributed by atoms with van der Waals surface area (Å²) >= 11 is 1.56. The molecule has 0 unspecified atom stereocenters. The number of hydrogen-bond donors (Lipinski definition) is 1. The van der Waals surface area contributed by atoms with Gasteiger partial charge in [-0.15, -0.1) is 0 Å². The summed E-state index contributed by atoms with van der Waals surface area (Å²) in [6.07, 6.45) is 6.81. The minimum Gasteiger partial charge on any atom is -0.355 e. The van der Waals surface area contributed by atoms with E-state index in [0.29, 0.717) is 0 Å². The van der Waals surface area contributed by atoms with Crippen LogP contribution in [0.2, 0.25) is 0 Å². The minimum absolute atomic E-state index is 0.0219. The maximum atomic E-state index is 11.7. The molecule has 1 aliphatic rings. The second-order valence-corrected chi connectivity index (χ2v) is 4.88. The standard InChI is InChI=1S/C10H15N3OS/c1-13-7-6-12-10(13)15-8-4-2-3-5-11-9(8)14/h6-8H,2-5H2,1H3,(H,11,14)/t8-/m0/s1. The fourth-order valence-corrected chi connectivity index (χ4v) is 2.69. The monoisotopic (exact) mass is 225 g/mol. The van der Waals surface area contributed by atoms with Crippen LogP contribution in [0.15, 0.2) is 17.6 Å². The zero-order valence-corrected chi connectivity index (χ0v) is 9.59. The molecule has 2 heterocycles. The third-order valence-electron chi connectivity index (χ3n) is 2.51. The van der Waals surface area contributed by atoms with Crippen molar-refractivity contribution in [1.82, 2.24) is 14.9 Å². The summed E-state index contributed by atoms with van der Waals surface area (Å²) in [5, 5.41) is 3.87. The van der Waals surface area contributed by atoms with Crippen molar-refractivity contribution in [3.05, 3.63) is 12.4 Å². The van der Waals surface area contributed by atoms with Crippen LogP contribution in [0.5, 0.6) is 0 Å². The van der Waals surface area contributed by atoms with E-state index in [-0.39, 0.29) is 11.2 Å². The molecule has 0 saturated carbocycles. The molecule has 2 rings (SSSR count). The Bertz CT molecular complexity index is 350. The highest BCUT2D eigenvalue weighted by molar-refractivity contribution is 8.00. The molecule has 1 aromatic heterocycles. The first kappa shape index (κ1) is 10.5. The molecule has 15 heavy (non-hydrogen) atoms. The molecule has 0 radical (unpaired) electrons. The predicted molar refractivity (Wildman–Crippen MR) is 59.7 cm³/mol. The van der Waals surface area contributed by atoms with Crippen LogP contribution in [0, 0.1) is 0 Å². The van der Waals surface area contributed by atoms with Gasteiger partial charge in [0.2, 0.25) is 5.91 Å². The number of imidazole rings is 1. The first-order chi connectivity index (χ1) is 7.27. The van der Waals surface area contributed by atoms with Crippen LogP contribution in [-0.2, 0) is 11.8 Å². The molecule has 5 heteroatoms. The molecule has 1 aromatic rings. The summed E-state index contributed by atoms with van der Waals surface area (Å²) in [7, 11) is 1.95. The number of carbonyl (C=O) groups is 1. The highest BCUT2D eigenvalue weighted by atomic mass is 32.2. The molecule has 0 aliphatic carbocycles. The van der Waals surface area contributed by atoms with E-state index in [9.17, 15) is 4.79 Å². The summed E-state index contributed by atoms with van der Waals surface area (Å²) in [4.78, 5) is 15.9. The lowest BCUT2D eigenvalue weighted by molar-refractivity contribution is -0.120. The number of rotatable bonds is 2. The molecule has 1 saturated heterocycles. The third kappa shape index (κ3) is 2.53. The number of amides is 1. The van der Waals surface area contributed by atoms with Gasteiger partial charge in [-0.25, -0.2) is 4.98 Å². The third-order valence-corrected chi connectivity index (χ3v) is 3.85. The van der Waals surface area contributed by atoms with Crippen LogP contribution in [-0.4, -0.2) is 27.3 Å². The van der Waals surface area contributed by atoms with Gasteiger partial charge in [-0.2, -0.15) is 0 Å². The van der Waals surface area contributed by atoms with Gasteiger partial charge >= 0.3 is 0 Å². The van der Waals surface area contributed by atoms with Crippen LogP contribution in [0.25, 0.3) is 0 Å². The SMILES string of the molecule is Cn1ccnc1S[C@H]1CCCCNC1=O. The Morgan fingerprint density at radius 1 is 1.60 bits per heavy atom. The quantitative estimate of drug-likeness (QED) is 0.822. The van der Waals surface area contributed by atoms with Crippen LogP contribution in [0.4, 0.5) is 0 Å². The summed E-state index contributed by atoms with van der Waals surface area (Å²) < 4.78 is 1.95. The number of carbonyl (C=O) groups excluding carboxylic acids is 1. The lowest BCUT2D eigenvalue weighted by atomic mass is 10.2. The van der Waals surface area contributed by atoms with Gasteiger partial charge in [0.15, 0.2) is 5.16 Å². The summed E-state index contributed by atoms with van der Waals surface area (Å²) in [6.45, 7) is 0.816. The Labute approximate surface area is 93.5 Å². The van der Waals surface area contributed by atoms with Gasteiger partial charge in [0.25, 0.3) is 0 Å². The second-order valence-electron chi connectivity index (χ2n) is 3.71. The van der Waals surface area contributed by atoms with Gasteiger partial charge < -0.3 is 9.88 Å². The normalized spacial score (nSPS) is 22.2. The Morgan fingerprint density at radius 3 is 3.20 bits per heavy atom. The van der Waals surface area contributed by atoms with Crippen LogP contribution < -0.4 is 5.32 Å². The predicted octanol–water partition coefficient (Wildman–Crippen LogP) is 1.18. The number of nitrogens with one attached hydrogen (secondary N) is 1. The molecule has 1 amide bonds. The number of thioether (sulfide) groups is 1. The van der Waals surface area contributed by atoms with Crippen molar-refractivity contribution in [1.29, 1.82) is 0 Å². The van der Waals surface area contributed by atoms with Crippen LogP contribution in [0.3, 0.4) is 0 Å². The molecule has 1 atom stereocenters. The molecule has 1 fully saturated rings. The van der Waals surface area contributed by atoms with Crippen molar-refractivity contribution in [2.24, 2.45) is 7.05 Å². The molecule has 4 nitrogen and oxygen atoms in total. The van der Waals surface area contributed by atoms with Gasteiger partial charge in [-0.05, 0) is 12.8 Å². The fourth-order valence-electron chi connectivity index (χ4n) is 1.62. The highest BCUT2D eigenvalue weighted by Crippen LogP contribution is 2.26. The van der Waals surface area contributed by atoms with Gasteiger partial charge in [0.05, 0.1) is 5.25 Å². The Balaban J connectivity index is 2.03. The van der Waals surface area contributed by atoms with E-state index in [1.807, 2.05) is 17.8 Å². The summed E-state index contributed by atoms with van der Waals surface area (Å²) in [6, 6.07) is 0. The molecular formula is C10H15N3OS. The van der Waals surface area contributed by atoms with E-state index in [1.165, 1.54) is 0 Å². The zero-order chi connectivity index (χ0) is 10.7. The summed E-state index contributed by atoms with van der Waals surface area (Å²) in [5.41, 5.74) is 0. The largest absolute Gasteiger partial charge is 0.355 e. The first-order valence-corrected chi connectivity index (χ1v) is 6.07. The lowest BCUT2D eigenvalue weighted by Crippen LogP contribution is -2.30. The van der Waals surface area contributed by atoms with Crippen molar-refractivity contribution >= 4 is 17.7 Å². The van der Waals surface area contributed by atoms with Gasteiger partial charge in [0.1, 0.15) is 0 Å². The van der Waals surface area contributed by atoms with E-state index >= 15 is 0 Å². The number of aryl methyl sites for hydroxylation is 1. The van der Waals surface area contributed by atoms with Crippen LogP contribution >= 0.6 is 11.8 Å². The molecule has 1 aliphatic heterocycles. The van der Waals surface area contributed by atoms with Crippen molar-refractivity contribution in [2.75, 3.05) is 6.54 Å². The van der Waals surface area contributed by atoms with Gasteiger partial charge in [-0.1, -0.05) is 18.2 Å². The number of aromatic nitrogens is 2. The Kier molecular flexibility index (Phi) is 3.30. The van der Waals surface area contributed by atoms with E-state index < -0.39 is 0 Å². The molecular weight excluding hydrogens is 210 g/mol. The van der Waals surface area contributed by atoms with Crippen molar-refractivity contribution in [3.8, 4) is 0 Å². The molecule has 82 valence electrons. The maximum Gasteiger partial charge on any atom is 0.233 e. The van der Waals surface area contributed by atoms with Crippen LogP contribution in [0.1, 0.15) is 19.3 Å². The Morgan fingerprint density at radius 2 is 2.47 bits per heavy atom. The van der Waals surface area contributed by atoms with E-state index in [0.717, 1.165) is 31.0 Å². The minimum atomic E-state index is 0.0219. The summed E-state index contributed by atoms with van der Waals surface area (Å²) in [5.74, 6) is 0.153. The molecule has 0 bridgehead atoms. The van der Waals surface area contributed by atoms with E-state index in [4.69, 9.17) is 0 Å². The first-order valence-electron chi connectivity index (χ1n) is 5.19. The second kappa shape index (κ2) is 4.70. The van der Waals surface area contributed by atoms with E-state index in [2.05, 4.69) is 10.3 Å². The molecule has 1 N–H and O–H groups in total. The number of hydrogen-bond acceptors (Lipinski definition) is 3. The van der Waals surface area contributed by atoms with Crippen molar-refractivity contribution in [2.45, 2.75) is 29.7 Å². The lowest BCUT2D eigenvalue weighted by Gasteiger charge is -2.11. The maximum absolute atomic E-state index is 11.7. The molecule has 0 spiro atoms. The van der Waals surface area contributed by atoms with Crippen molar-refractivity contribution < 1.29 is 4.79 Å². The Hall–Kier alpha value is -0.970. The smallest absolute Gasteiger partial charge is 0.233 e. The fraction of sp³-hybridized carbons (Fsp3) is 0.600. The average Bonchev–Trinajstić information content (AvgIpc) is 2.50. The number of nitrogens with zero attached hydrogens (tertiary/aromatic N) is 2. The van der Waals surface area contributed by atoms with Crippen molar-refractivity contribution in [3.63, 3.8) is 0 Å². The molecule has 0 aromatic carbocycles. The average molecular weight is 225 g/mol. The van der Waals surface area contributed by atoms with Gasteiger partial charge in [0, 0.05) is 26.0 Å². The van der Waals surface area contributed by atoms with E-state index in [1.54, 1.807) is 18.0 Å². The topological polar surface area (TPSA) is 46.9 Å². The zero-order valence-electron chi connectivity index (χ0n) is 8.77.